The minimum absolute atomic E-state index is 0.0301. The number of methoxy groups -OCH3 is 2. The maximum Gasteiger partial charge on any atom is 0.255 e. The molecule has 0 aliphatic heterocycles. The minimum Gasteiger partial charge on any atom is -0.493 e. The van der Waals surface area contributed by atoms with Gasteiger partial charge in [0.05, 0.1) is 36.9 Å². The van der Waals surface area contributed by atoms with Crippen LogP contribution < -0.4 is 14.9 Å². The summed E-state index contributed by atoms with van der Waals surface area (Å²) < 4.78 is 38.5. The molecule has 0 radical (unpaired) electrons. The standard InChI is InChI=1S/C24H23Cl2N3O5S/c1-33-22-11-10-20(13-23(22)34-2)35(31,32)29(15-17-6-4-3-5-7-17)16-24(30)28-27-14-18-8-9-19(25)12-21(18)26/h3-14H,15-16H2,1-2H3,(H,28,30)/b27-14-. The average Bonchev–Trinajstić information content (AvgIpc) is 2.85. The SMILES string of the molecule is COc1ccc(S(=O)(=O)N(CC(=O)N/N=C\c2ccc(Cl)cc2Cl)Cc2ccccc2)cc1OC. The summed E-state index contributed by atoms with van der Waals surface area (Å²) in [6.45, 7) is -0.505. The van der Waals surface area contributed by atoms with Crippen molar-refractivity contribution in [1.29, 1.82) is 0 Å². The van der Waals surface area contributed by atoms with Crippen molar-refractivity contribution < 1.29 is 22.7 Å². The lowest BCUT2D eigenvalue weighted by atomic mass is 10.2. The van der Waals surface area contributed by atoms with Crippen molar-refractivity contribution in [3.63, 3.8) is 0 Å². The molecule has 0 atom stereocenters. The predicted octanol–water partition coefficient (Wildman–Crippen LogP) is 4.35. The van der Waals surface area contributed by atoms with Gasteiger partial charge in [-0.15, -0.1) is 0 Å². The van der Waals surface area contributed by atoms with Gasteiger partial charge in [0.1, 0.15) is 0 Å². The number of nitrogens with one attached hydrogen (secondary N) is 1. The first-order valence-electron chi connectivity index (χ1n) is 10.3. The van der Waals surface area contributed by atoms with E-state index in [2.05, 4.69) is 10.5 Å². The first kappa shape index (κ1) is 26.5. The van der Waals surface area contributed by atoms with E-state index in [1.54, 1.807) is 42.5 Å². The summed E-state index contributed by atoms with van der Waals surface area (Å²) in [4.78, 5) is 12.6. The molecule has 1 amide bonds. The third-order valence-corrected chi connectivity index (χ3v) is 7.22. The Bertz CT molecular complexity index is 1320. The summed E-state index contributed by atoms with van der Waals surface area (Å²) in [6, 6.07) is 18.0. The van der Waals surface area contributed by atoms with Crippen molar-refractivity contribution in [3.05, 3.63) is 87.9 Å². The molecule has 1 N–H and O–H groups in total. The number of halogens is 2. The van der Waals surface area contributed by atoms with Crippen LogP contribution in [0.3, 0.4) is 0 Å². The molecule has 0 aliphatic rings. The zero-order valence-corrected chi connectivity index (χ0v) is 21.3. The van der Waals surface area contributed by atoms with Crippen molar-refractivity contribution in [2.45, 2.75) is 11.4 Å². The van der Waals surface area contributed by atoms with Crippen LogP contribution in [0.4, 0.5) is 0 Å². The highest BCUT2D eigenvalue weighted by molar-refractivity contribution is 7.89. The van der Waals surface area contributed by atoms with E-state index >= 15 is 0 Å². The zero-order valence-electron chi connectivity index (χ0n) is 18.9. The molecule has 0 saturated heterocycles. The lowest BCUT2D eigenvalue weighted by Gasteiger charge is -2.22. The van der Waals surface area contributed by atoms with Gasteiger partial charge >= 0.3 is 0 Å². The van der Waals surface area contributed by atoms with Gasteiger partial charge in [-0.2, -0.15) is 9.41 Å². The smallest absolute Gasteiger partial charge is 0.255 e. The van der Waals surface area contributed by atoms with Crippen LogP contribution in [-0.2, 0) is 21.4 Å². The van der Waals surface area contributed by atoms with Crippen LogP contribution in [0, 0.1) is 0 Å². The largest absolute Gasteiger partial charge is 0.493 e. The van der Waals surface area contributed by atoms with Crippen molar-refractivity contribution in [1.82, 2.24) is 9.73 Å². The summed E-state index contributed by atoms with van der Waals surface area (Å²) >= 11 is 12.0. The second-order valence-corrected chi connectivity index (χ2v) is 10.0. The lowest BCUT2D eigenvalue weighted by molar-refractivity contribution is -0.121. The van der Waals surface area contributed by atoms with Crippen LogP contribution in [0.1, 0.15) is 11.1 Å². The Hall–Kier alpha value is -3.11. The van der Waals surface area contributed by atoms with Gasteiger partial charge in [0.25, 0.3) is 5.91 Å². The number of rotatable bonds is 10. The highest BCUT2D eigenvalue weighted by atomic mass is 35.5. The predicted molar refractivity (Wildman–Crippen MR) is 136 cm³/mol. The topological polar surface area (TPSA) is 97.3 Å². The molecule has 8 nitrogen and oxygen atoms in total. The molecular formula is C24H23Cl2N3O5S. The van der Waals surface area contributed by atoms with E-state index in [9.17, 15) is 13.2 Å². The number of hydrazone groups is 1. The molecule has 3 aromatic carbocycles. The number of hydrogen-bond donors (Lipinski definition) is 1. The molecule has 0 spiro atoms. The van der Waals surface area contributed by atoms with E-state index < -0.39 is 22.5 Å². The Morgan fingerprint density at radius 3 is 2.37 bits per heavy atom. The fourth-order valence-electron chi connectivity index (χ4n) is 3.11. The van der Waals surface area contributed by atoms with E-state index in [1.807, 2.05) is 6.07 Å². The van der Waals surface area contributed by atoms with Crippen LogP contribution in [-0.4, -0.2) is 45.6 Å². The van der Waals surface area contributed by atoms with Gasteiger partial charge in [-0.25, -0.2) is 13.8 Å². The minimum atomic E-state index is -4.09. The molecule has 3 aromatic rings. The fraction of sp³-hybridized carbons (Fsp3) is 0.167. The summed E-state index contributed by atoms with van der Waals surface area (Å²) in [5, 5.41) is 4.71. The summed E-state index contributed by atoms with van der Waals surface area (Å²) in [6.07, 6.45) is 1.35. The highest BCUT2D eigenvalue weighted by Crippen LogP contribution is 2.31. The van der Waals surface area contributed by atoms with Crippen molar-refractivity contribution in [2.75, 3.05) is 20.8 Å². The Labute approximate surface area is 214 Å². The third-order valence-electron chi connectivity index (χ3n) is 4.87. The monoisotopic (exact) mass is 535 g/mol. The third kappa shape index (κ3) is 6.95. The van der Waals surface area contributed by atoms with Crippen LogP contribution in [0.25, 0.3) is 0 Å². The molecule has 0 aromatic heterocycles. The Balaban J connectivity index is 1.84. The molecule has 0 heterocycles. The molecule has 0 aliphatic carbocycles. The Kier molecular flexibility index (Phi) is 9.11. The van der Waals surface area contributed by atoms with Gasteiger partial charge in [0.15, 0.2) is 11.5 Å². The van der Waals surface area contributed by atoms with Gasteiger partial charge in [-0.1, -0.05) is 59.6 Å². The number of amides is 1. The Morgan fingerprint density at radius 1 is 1.00 bits per heavy atom. The second kappa shape index (κ2) is 12.0. The second-order valence-electron chi connectivity index (χ2n) is 7.23. The molecular weight excluding hydrogens is 513 g/mol. The molecule has 3 rings (SSSR count). The first-order chi connectivity index (χ1) is 16.7. The van der Waals surface area contributed by atoms with E-state index in [-0.39, 0.29) is 17.2 Å². The van der Waals surface area contributed by atoms with Crippen LogP contribution in [0.2, 0.25) is 10.0 Å². The number of carbonyl (C=O) groups excluding carboxylic acids is 1. The number of hydrogen-bond acceptors (Lipinski definition) is 6. The fourth-order valence-corrected chi connectivity index (χ4v) is 4.97. The van der Waals surface area contributed by atoms with Crippen LogP contribution in [0.15, 0.2) is 76.7 Å². The summed E-state index contributed by atoms with van der Waals surface area (Å²) in [5.41, 5.74) is 3.59. The van der Waals surface area contributed by atoms with Crippen molar-refractivity contribution in [3.8, 4) is 11.5 Å². The van der Waals surface area contributed by atoms with Crippen molar-refractivity contribution in [2.24, 2.45) is 5.10 Å². The molecule has 11 heteroatoms. The van der Waals surface area contributed by atoms with Gasteiger partial charge in [0.2, 0.25) is 10.0 Å². The molecule has 0 bridgehead atoms. The van der Waals surface area contributed by atoms with E-state index in [0.717, 1.165) is 4.31 Å². The normalized spacial score (nSPS) is 11.6. The zero-order chi connectivity index (χ0) is 25.4. The average molecular weight is 536 g/mol. The summed E-state index contributed by atoms with van der Waals surface area (Å²) in [7, 11) is -1.23. The summed E-state index contributed by atoms with van der Waals surface area (Å²) in [5.74, 6) is 0.00227. The number of benzene rings is 3. The maximum atomic E-state index is 13.5. The number of ether oxygens (including phenoxy) is 2. The van der Waals surface area contributed by atoms with Crippen molar-refractivity contribution >= 4 is 45.3 Å². The van der Waals surface area contributed by atoms with Gasteiger partial charge in [-0.05, 0) is 29.8 Å². The van der Waals surface area contributed by atoms with Gasteiger partial charge in [-0.3, -0.25) is 4.79 Å². The quantitative estimate of drug-likeness (QED) is 0.307. The van der Waals surface area contributed by atoms with Crippen LogP contribution >= 0.6 is 23.2 Å². The number of nitrogens with zero attached hydrogens (tertiary/aromatic N) is 2. The lowest BCUT2D eigenvalue weighted by Crippen LogP contribution is -2.39. The van der Waals surface area contributed by atoms with Gasteiger partial charge < -0.3 is 9.47 Å². The van der Waals surface area contributed by atoms with E-state index in [1.165, 1.54) is 38.6 Å². The molecule has 0 fully saturated rings. The molecule has 35 heavy (non-hydrogen) atoms. The molecule has 0 saturated carbocycles. The Morgan fingerprint density at radius 2 is 1.71 bits per heavy atom. The molecule has 184 valence electrons. The van der Waals surface area contributed by atoms with E-state index in [0.29, 0.717) is 26.9 Å². The first-order valence-corrected chi connectivity index (χ1v) is 12.5. The number of sulfonamides is 1. The highest BCUT2D eigenvalue weighted by Gasteiger charge is 2.28. The molecule has 0 unspecified atom stereocenters. The maximum absolute atomic E-state index is 13.5. The van der Waals surface area contributed by atoms with E-state index in [4.69, 9.17) is 32.7 Å². The van der Waals surface area contributed by atoms with Crippen LogP contribution in [0.5, 0.6) is 11.5 Å². The number of carbonyl (C=O) groups is 1. The van der Waals surface area contributed by atoms with Gasteiger partial charge in [0, 0.05) is 23.2 Å².